The van der Waals surface area contributed by atoms with Crippen LogP contribution >= 0.6 is 0 Å². The number of allylic oxidation sites excluding steroid dienone is 3. The zero-order valence-electron chi connectivity index (χ0n) is 77.5. The Balaban J connectivity index is 0.000000735. The quantitative estimate of drug-likeness (QED) is 0.0524. The number of nitrogens with zero attached hydrogens (tertiary/aromatic N) is 8. The maximum Gasteiger partial charge on any atom is 0.0877 e. The number of aliphatic hydroxyl groups is 6. The number of benzene rings is 8. The molecule has 8 aromatic carbocycles. The Bertz CT molecular complexity index is 5060. The van der Waals surface area contributed by atoms with E-state index < -0.39 is 18.3 Å². The topological polar surface area (TPSA) is 224 Å². The second-order valence-electron chi connectivity index (χ2n) is 31.0. The summed E-state index contributed by atoms with van der Waals surface area (Å²) in [5.74, 6) is 0.486. The van der Waals surface area contributed by atoms with Gasteiger partial charge in [0.05, 0.1) is 35.6 Å². The molecule has 0 spiro atoms. The largest absolute Gasteiger partial charge is 0.513 e. The van der Waals surface area contributed by atoms with Crippen LogP contribution in [0, 0.1) is 69.3 Å². The predicted molar refractivity (Wildman–Crippen MR) is 524 cm³/mol. The first kappa shape index (κ1) is 120. The van der Waals surface area contributed by atoms with Gasteiger partial charge in [0.2, 0.25) is 0 Å². The smallest absolute Gasteiger partial charge is 0.0877 e. The Morgan fingerprint density at radius 1 is 0.241 bits per heavy atom. The van der Waals surface area contributed by atoms with Gasteiger partial charge in [-0.1, -0.05) is 159 Å². The number of aromatic nitrogens is 8. The van der Waals surface area contributed by atoms with Crippen LogP contribution in [0.2, 0.25) is 0 Å². The summed E-state index contributed by atoms with van der Waals surface area (Å²) in [6.45, 7) is 28.7. The minimum atomic E-state index is -0.537. The van der Waals surface area contributed by atoms with E-state index in [1.807, 2.05) is 255 Å². The summed E-state index contributed by atoms with van der Waals surface area (Å²) in [4.78, 5) is 34.0. The van der Waals surface area contributed by atoms with Crippen LogP contribution in [0.5, 0.6) is 0 Å². The molecule has 6 N–H and O–H groups in total. The molecule has 3 atom stereocenters. The second-order valence-corrected chi connectivity index (χ2v) is 31.0. The molecule has 8 heterocycles. The zero-order valence-corrected chi connectivity index (χ0v) is 89.4. The van der Waals surface area contributed by atoms with E-state index in [0.717, 1.165) is 90.1 Å². The van der Waals surface area contributed by atoms with Gasteiger partial charge in [0, 0.05) is 150 Å². The third-order valence-electron chi connectivity index (χ3n) is 17.4. The summed E-state index contributed by atoms with van der Waals surface area (Å²) < 4.78 is 0. The number of rotatable bonds is 11. The molecular weight excluding hydrogens is 2540 g/mol. The van der Waals surface area contributed by atoms with E-state index in [0.29, 0.717) is 0 Å². The first-order chi connectivity index (χ1) is 61.5. The van der Waals surface area contributed by atoms with E-state index in [9.17, 15) is 0 Å². The van der Waals surface area contributed by atoms with Gasteiger partial charge in [-0.15, -0.1) is 285 Å². The van der Waals surface area contributed by atoms with Crippen molar-refractivity contribution in [1.82, 2.24) is 39.9 Å². The van der Waals surface area contributed by atoms with Crippen LogP contribution in [-0.4, -0.2) is 88.8 Å². The molecule has 0 aliphatic heterocycles. The fraction of sp³-hybridized carbons (Fsp3) is 0.175. The molecule has 701 valence electrons. The number of hydrogen-bond acceptors (Lipinski definition) is 14. The van der Waals surface area contributed by atoms with Gasteiger partial charge < -0.3 is 70.5 Å². The minimum absolute atomic E-state index is 0. The van der Waals surface area contributed by atoms with E-state index in [1.165, 1.54) is 66.8 Å². The van der Waals surface area contributed by atoms with E-state index in [1.54, 1.807) is 70.3 Å². The molecule has 5 radical (unpaired) electrons. The Labute approximate surface area is 857 Å². The van der Waals surface area contributed by atoms with Crippen molar-refractivity contribution in [1.29, 1.82) is 0 Å². The van der Waals surface area contributed by atoms with E-state index in [2.05, 4.69) is 205 Å². The van der Waals surface area contributed by atoms with Crippen molar-refractivity contribution in [3.05, 3.63) is 471 Å². The summed E-state index contributed by atoms with van der Waals surface area (Å²) >= 11 is 0. The van der Waals surface area contributed by atoms with Crippen molar-refractivity contribution in [2.45, 2.75) is 133 Å². The van der Waals surface area contributed by atoms with Gasteiger partial charge in [-0.05, 0) is 165 Å². The summed E-state index contributed by atoms with van der Waals surface area (Å²) in [6, 6.07) is 127. The van der Waals surface area contributed by atoms with Crippen molar-refractivity contribution >= 4 is 0 Å². The van der Waals surface area contributed by atoms with Gasteiger partial charge >= 0.3 is 0 Å². The monoisotopic (exact) mass is 2660 g/mol. The Kier molecular flexibility index (Phi) is 61.0. The molecule has 16 aromatic rings. The molecule has 0 fully saturated rings. The average Bonchev–Trinajstić information content (AvgIpc) is 0.840. The number of aliphatic hydroxyl groups excluding tert-OH is 6. The summed E-state index contributed by atoms with van der Waals surface area (Å²) in [7, 11) is 0. The first-order valence-electron chi connectivity index (χ1n) is 41.9. The molecule has 0 saturated heterocycles. The molecule has 19 heteroatoms. The van der Waals surface area contributed by atoms with Crippen LogP contribution in [0.15, 0.2) is 394 Å². The van der Waals surface area contributed by atoms with E-state index in [4.69, 9.17) is 30.6 Å². The van der Waals surface area contributed by atoms with Gasteiger partial charge in [0.15, 0.2) is 0 Å². The third-order valence-corrected chi connectivity index (χ3v) is 17.4. The molecule has 0 bridgehead atoms. The molecule has 0 aliphatic rings. The van der Waals surface area contributed by atoms with Crippen molar-refractivity contribution in [3.63, 3.8) is 0 Å². The van der Waals surface area contributed by atoms with Gasteiger partial charge in [0.25, 0.3) is 0 Å². The van der Waals surface area contributed by atoms with Crippen LogP contribution < -0.4 is 0 Å². The molecular formula is C114H116Ir5N8O6-8. The van der Waals surface area contributed by atoms with Crippen LogP contribution in [0.4, 0.5) is 0 Å². The Hall–Kier alpha value is -11.3. The Morgan fingerprint density at radius 3 is 0.526 bits per heavy atom. The normalized spacial score (nSPS) is 10.9. The van der Waals surface area contributed by atoms with Gasteiger partial charge in [0.1, 0.15) is 0 Å². The number of hydrogen-bond donors (Lipinski definition) is 6. The van der Waals surface area contributed by atoms with Crippen molar-refractivity contribution in [3.8, 4) is 90.1 Å². The first-order valence-corrected chi connectivity index (χ1v) is 41.9. The van der Waals surface area contributed by atoms with Crippen molar-refractivity contribution < 1.29 is 131 Å². The van der Waals surface area contributed by atoms with Crippen LogP contribution in [0.1, 0.15) is 111 Å². The molecule has 16 rings (SSSR count). The van der Waals surface area contributed by atoms with Gasteiger partial charge in [-0.3, -0.25) is 0 Å². The van der Waals surface area contributed by atoms with E-state index >= 15 is 0 Å². The molecule has 0 amide bonds. The molecule has 133 heavy (non-hydrogen) atoms. The summed E-state index contributed by atoms with van der Waals surface area (Å²) in [5.41, 5.74) is 22.8. The molecule has 14 nitrogen and oxygen atoms in total. The van der Waals surface area contributed by atoms with Crippen molar-refractivity contribution in [2.75, 3.05) is 0 Å². The fourth-order valence-corrected chi connectivity index (χ4v) is 11.0. The maximum atomic E-state index is 8.49. The van der Waals surface area contributed by atoms with E-state index in [-0.39, 0.29) is 129 Å². The molecule has 8 aromatic heterocycles. The third kappa shape index (κ3) is 51.0. The molecule has 0 aliphatic carbocycles. The predicted octanol–water partition coefficient (Wildman–Crippen LogP) is 26.4. The van der Waals surface area contributed by atoms with Gasteiger partial charge in [-0.25, -0.2) is 0 Å². The SMILES string of the molecule is CC(C)(C)c1c[c-]c(-c2ccccn2)cc1.CC(C)(C)c1c[c-]c(-c2ccccn2)cc1.CC(O)=CC(C)O.CC(O)=CC(C)O.CC(O)=CC(C)O.Cc1c[c-]c(-c2ccccn2)cc1.Cc1c[c-]c(-c2ccccn2)cc1.Cc1c[c-]c(-c2ccccn2)cc1.[Ir].[Ir].[Ir].[Ir].[Ir].[c-]1ccccc1-c1ccccn1.[c-]1ccccc1-c1ccccn1.[c-]1ccccc1-c1ccccn1. The standard InChI is InChI=1S/2C15H16N.3C12H10N.3C11H8N.3C5H10O2.5Ir/c2*1-15(2,3)13-9-7-12(8-10-13)14-6-4-5-11-16-14;3*1-10-5-7-11(8-6-10)12-4-2-3-9-13-12;3*1-2-6-10(7-3-1)11-8-4-5-9-12-11;3*1-4(6)3-5(2)7;;;;;/h2*4-7,9-11H,1-3H3;3*2-7,9H,1H3;3*1-6,8-9H;3*3-4,6-7H,1-2H3;;;;;/q8*-1;;;;;;;;. The molecule has 0 saturated carbocycles. The fourth-order valence-electron chi connectivity index (χ4n) is 11.0. The summed E-state index contributed by atoms with van der Waals surface area (Å²) in [6.07, 6.45) is 16.8. The van der Waals surface area contributed by atoms with Crippen LogP contribution in [0.3, 0.4) is 0 Å². The molecule has 3 unspecified atom stereocenters. The van der Waals surface area contributed by atoms with Crippen LogP contribution in [0.25, 0.3) is 90.1 Å². The van der Waals surface area contributed by atoms with Gasteiger partial charge in [-0.2, -0.15) is 0 Å². The summed E-state index contributed by atoms with van der Waals surface area (Å²) in [5, 5.41) is 50.7. The Morgan fingerprint density at radius 2 is 0.414 bits per heavy atom. The second kappa shape index (κ2) is 67.8. The zero-order chi connectivity index (χ0) is 92.7. The minimum Gasteiger partial charge on any atom is -0.513 e. The average molecular weight is 2660 g/mol. The van der Waals surface area contributed by atoms with Crippen LogP contribution in [-0.2, 0) is 111 Å². The maximum absolute atomic E-state index is 8.49. The number of aryl methyl sites for hydroxylation is 3. The number of pyridine rings is 8. The van der Waals surface area contributed by atoms with Crippen molar-refractivity contribution in [2.24, 2.45) is 0 Å².